The Bertz CT molecular complexity index is 957. The van der Waals surface area contributed by atoms with Crippen molar-refractivity contribution in [3.8, 4) is 0 Å². The van der Waals surface area contributed by atoms with Crippen LogP contribution < -0.4 is 5.32 Å². The van der Waals surface area contributed by atoms with Crippen LogP contribution in [0.3, 0.4) is 0 Å². The number of aliphatic hydroxyl groups excluding tert-OH is 1. The van der Waals surface area contributed by atoms with Gasteiger partial charge in [-0.05, 0) is 42.5 Å². The molecule has 0 radical (unpaired) electrons. The minimum Gasteiger partial charge on any atom is -0.395 e. The van der Waals surface area contributed by atoms with Crippen molar-refractivity contribution >= 4 is 34.9 Å². The van der Waals surface area contributed by atoms with Crippen molar-refractivity contribution in [2.24, 2.45) is 0 Å². The topological polar surface area (TPSA) is 86.7 Å². The molecule has 0 saturated carbocycles. The summed E-state index contributed by atoms with van der Waals surface area (Å²) >= 11 is 5.99. The number of halogens is 2. The first-order valence-corrected chi connectivity index (χ1v) is 8.33. The molecule has 6 nitrogen and oxygen atoms in total. The fourth-order valence-corrected chi connectivity index (χ4v) is 2.80. The summed E-state index contributed by atoms with van der Waals surface area (Å²) in [6.07, 6.45) is 1.10. The van der Waals surface area contributed by atoms with Gasteiger partial charge in [-0.3, -0.25) is 19.3 Å². The standard InChI is InChI=1S/C19H14ClFN2O4/c20-12-3-6-15(22-16-10-17(25)23(7-8-24)19(16)27)14(9-12)18(26)11-1-4-13(21)5-2-11/h1-6,9-10,22,24H,7-8H2. The number of carbonyl (C=O) groups excluding carboxylic acids is 3. The Morgan fingerprint density at radius 2 is 1.85 bits per heavy atom. The molecule has 8 heteroatoms. The number of imide groups is 1. The van der Waals surface area contributed by atoms with Crippen molar-refractivity contribution < 1.29 is 23.9 Å². The highest BCUT2D eigenvalue weighted by atomic mass is 35.5. The summed E-state index contributed by atoms with van der Waals surface area (Å²) in [6.45, 7) is -0.477. The Kier molecular flexibility index (Phi) is 5.34. The van der Waals surface area contributed by atoms with Gasteiger partial charge in [0.1, 0.15) is 11.5 Å². The molecule has 27 heavy (non-hydrogen) atoms. The lowest BCUT2D eigenvalue weighted by Crippen LogP contribution is -2.34. The molecule has 0 unspecified atom stereocenters. The van der Waals surface area contributed by atoms with Crippen LogP contribution in [-0.4, -0.2) is 40.8 Å². The third-order valence-electron chi connectivity index (χ3n) is 3.93. The average molecular weight is 389 g/mol. The fraction of sp³-hybridized carbons (Fsp3) is 0.105. The van der Waals surface area contributed by atoms with Crippen LogP contribution in [0.15, 0.2) is 54.2 Å². The maximum Gasteiger partial charge on any atom is 0.277 e. The molecule has 0 saturated heterocycles. The van der Waals surface area contributed by atoms with Crippen molar-refractivity contribution in [3.63, 3.8) is 0 Å². The highest BCUT2D eigenvalue weighted by Gasteiger charge is 2.31. The Labute approximate surface area is 158 Å². The van der Waals surface area contributed by atoms with Gasteiger partial charge in [0.15, 0.2) is 5.78 Å². The zero-order chi connectivity index (χ0) is 19.6. The molecule has 2 aromatic carbocycles. The minimum absolute atomic E-state index is 0.0241. The number of anilines is 1. The van der Waals surface area contributed by atoms with E-state index >= 15 is 0 Å². The quantitative estimate of drug-likeness (QED) is 0.586. The summed E-state index contributed by atoms with van der Waals surface area (Å²) in [5, 5.41) is 12.0. The molecule has 1 aliphatic heterocycles. The van der Waals surface area contributed by atoms with E-state index in [0.717, 1.165) is 11.0 Å². The smallest absolute Gasteiger partial charge is 0.277 e. The lowest BCUT2D eigenvalue weighted by molar-refractivity contribution is -0.137. The predicted molar refractivity (Wildman–Crippen MR) is 96.8 cm³/mol. The first-order valence-electron chi connectivity index (χ1n) is 7.96. The predicted octanol–water partition coefficient (Wildman–Crippen LogP) is 2.37. The zero-order valence-electron chi connectivity index (χ0n) is 13.9. The van der Waals surface area contributed by atoms with E-state index in [1.807, 2.05) is 0 Å². The molecule has 1 heterocycles. The molecule has 0 atom stereocenters. The molecule has 0 bridgehead atoms. The molecule has 3 rings (SSSR count). The number of ketones is 1. The van der Waals surface area contributed by atoms with Gasteiger partial charge in [0.2, 0.25) is 0 Å². The van der Waals surface area contributed by atoms with Gasteiger partial charge in [-0.15, -0.1) is 0 Å². The van der Waals surface area contributed by atoms with Gasteiger partial charge in [-0.2, -0.15) is 0 Å². The summed E-state index contributed by atoms with van der Waals surface area (Å²) in [6, 6.07) is 9.47. The van der Waals surface area contributed by atoms with E-state index in [2.05, 4.69) is 5.32 Å². The number of nitrogens with one attached hydrogen (secondary N) is 1. The molecule has 2 N–H and O–H groups in total. The van der Waals surface area contributed by atoms with E-state index in [0.29, 0.717) is 5.02 Å². The van der Waals surface area contributed by atoms with Gasteiger partial charge < -0.3 is 10.4 Å². The summed E-state index contributed by atoms with van der Waals surface area (Å²) in [5.74, 6) is -2.06. The minimum atomic E-state index is -0.607. The number of hydrogen-bond donors (Lipinski definition) is 2. The normalized spacial score (nSPS) is 13.7. The van der Waals surface area contributed by atoms with Crippen LogP contribution in [0.4, 0.5) is 10.1 Å². The third kappa shape index (κ3) is 3.89. The number of nitrogens with zero attached hydrogens (tertiary/aromatic N) is 1. The summed E-state index contributed by atoms with van der Waals surface area (Å²) in [7, 11) is 0. The first kappa shape index (κ1) is 18.8. The lowest BCUT2D eigenvalue weighted by atomic mass is 10.0. The van der Waals surface area contributed by atoms with Crippen molar-refractivity contribution in [2.45, 2.75) is 0 Å². The van der Waals surface area contributed by atoms with Crippen molar-refractivity contribution in [1.82, 2.24) is 4.90 Å². The van der Waals surface area contributed by atoms with Crippen LogP contribution >= 0.6 is 11.6 Å². The number of β-amino-alcohol motifs (C(OH)–C–C–N with tert-alkyl or cyclic N) is 1. The van der Waals surface area contributed by atoms with Crippen LogP contribution in [0.25, 0.3) is 0 Å². The second-order valence-corrected chi connectivity index (χ2v) is 6.16. The molecule has 0 spiro atoms. The molecule has 2 aromatic rings. The molecule has 2 amide bonds. The van der Waals surface area contributed by atoms with Crippen LogP contribution in [0, 0.1) is 5.82 Å². The van der Waals surface area contributed by atoms with E-state index in [-0.39, 0.29) is 35.7 Å². The highest BCUT2D eigenvalue weighted by Crippen LogP contribution is 2.26. The Morgan fingerprint density at radius 1 is 1.15 bits per heavy atom. The van der Waals surface area contributed by atoms with Gasteiger partial charge in [0.05, 0.1) is 13.2 Å². The summed E-state index contributed by atoms with van der Waals surface area (Å²) in [4.78, 5) is 37.8. The number of benzene rings is 2. The van der Waals surface area contributed by atoms with Crippen LogP contribution in [0.2, 0.25) is 5.02 Å². The Morgan fingerprint density at radius 3 is 2.52 bits per heavy atom. The second kappa shape index (κ2) is 7.69. The van der Waals surface area contributed by atoms with Crippen LogP contribution in [0.1, 0.15) is 15.9 Å². The number of amides is 2. The fourth-order valence-electron chi connectivity index (χ4n) is 2.63. The molecule has 1 aliphatic rings. The monoisotopic (exact) mass is 388 g/mol. The maximum atomic E-state index is 13.1. The summed E-state index contributed by atoms with van der Waals surface area (Å²) in [5.41, 5.74) is 0.651. The van der Waals surface area contributed by atoms with E-state index in [1.165, 1.54) is 42.5 Å². The maximum absolute atomic E-state index is 13.1. The molecular formula is C19H14ClFN2O4. The van der Waals surface area contributed by atoms with Gasteiger partial charge in [0.25, 0.3) is 11.8 Å². The van der Waals surface area contributed by atoms with E-state index in [4.69, 9.17) is 16.7 Å². The molecule has 0 aliphatic carbocycles. The molecule has 0 aromatic heterocycles. The summed E-state index contributed by atoms with van der Waals surface area (Å²) < 4.78 is 13.1. The lowest BCUT2D eigenvalue weighted by Gasteiger charge is -2.15. The Hall–Kier alpha value is -3.03. The van der Waals surface area contributed by atoms with Crippen LogP contribution in [0.5, 0.6) is 0 Å². The zero-order valence-corrected chi connectivity index (χ0v) is 14.7. The third-order valence-corrected chi connectivity index (χ3v) is 4.17. The molecule has 0 fully saturated rings. The highest BCUT2D eigenvalue weighted by molar-refractivity contribution is 6.31. The van der Waals surface area contributed by atoms with Gasteiger partial charge in [-0.1, -0.05) is 11.6 Å². The van der Waals surface area contributed by atoms with E-state index in [9.17, 15) is 18.8 Å². The molecule has 138 valence electrons. The van der Waals surface area contributed by atoms with Crippen LogP contribution in [-0.2, 0) is 9.59 Å². The number of rotatable bonds is 6. The van der Waals surface area contributed by atoms with Gasteiger partial charge >= 0.3 is 0 Å². The van der Waals surface area contributed by atoms with Crippen molar-refractivity contribution in [2.75, 3.05) is 18.5 Å². The van der Waals surface area contributed by atoms with Crippen molar-refractivity contribution in [3.05, 3.63) is 76.2 Å². The van der Waals surface area contributed by atoms with Gasteiger partial charge in [0, 0.05) is 27.9 Å². The molecular weight excluding hydrogens is 375 g/mol. The van der Waals surface area contributed by atoms with E-state index in [1.54, 1.807) is 0 Å². The number of hydrogen-bond acceptors (Lipinski definition) is 5. The Balaban J connectivity index is 1.92. The second-order valence-electron chi connectivity index (χ2n) is 5.73. The SMILES string of the molecule is O=C(c1ccc(F)cc1)c1cc(Cl)ccc1NC1=CC(=O)N(CCO)C1=O. The number of aliphatic hydroxyl groups is 1. The first-order chi connectivity index (χ1) is 12.9. The average Bonchev–Trinajstić information content (AvgIpc) is 2.91. The van der Waals surface area contributed by atoms with E-state index < -0.39 is 23.4 Å². The van der Waals surface area contributed by atoms with Crippen molar-refractivity contribution in [1.29, 1.82) is 0 Å². The number of carbonyl (C=O) groups is 3. The largest absolute Gasteiger partial charge is 0.395 e. The van der Waals surface area contributed by atoms with Gasteiger partial charge in [-0.25, -0.2) is 4.39 Å².